The zero-order chi connectivity index (χ0) is 12.4. The van der Waals surface area contributed by atoms with Crippen molar-refractivity contribution in [2.75, 3.05) is 5.73 Å². The molecular weight excluding hydrogens is 285 g/mol. The van der Waals surface area contributed by atoms with E-state index in [1.807, 2.05) is 6.92 Å². The van der Waals surface area contributed by atoms with Gasteiger partial charge in [0.25, 0.3) is 0 Å². The maximum atomic E-state index is 13.2. The second kappa shape index (κ2) is 4.79. The molecule has 0 spiro atoms. The van der Waals surface area contributed by atoms with E-state index in [0.29, 0.717) is 23.5 Å². The van der Waals surface area contributed by atoms with Crippen LogP contribution in [0.15, 0.2) is 28.9 Å². The number of benzene rings is 1. The molecular formula is C12H11BrFN3. The Kier molecular flexibility index (Phi) is 3.38. The number of hydrogen-bond acceptors (Lipinski definition) is 3. The van der Waals surface area contributed by atoms with E-state index in [9.17, 15) is 4.39 Å². The summed E-state index contributed by atoms with van der Waals surface area (Å²) in [5.74, 6) is 0.157. The van der Waals surface area contributed by atoms with Gasteiger partial charge < -0.3 is 5.73 Å². The van der Waals surface area contributed by atoms with Gasteiger partial charge in [-0.25, -0.2) is 14.4 Å². The average molecular weight is 296 g/mol. The van der Waals surface area contributed by atoms with Crippen molar-refractivity contribution in [1.29, 1.82) is 0 Å². The van der Waals surface area contributed by atoms with Crippen molar-refractivity contribution in [3.8, 4) is 11.4 Å². The second-order valence-electron chi connectivity index (χ2n) is 3.57. The number of anilines is 1. The number of aromatic nitrogens is 2. The van der Waals surface area contributed by atoms with Gasteiger partial charge in [-0.05, 0) is 24.6 Å². The summed E-state index contributed by atoms with van der Waals surface area (Å²) >= 11 is 3.35. The standard InChI is InChI=1S/C12H11BrFN3/c1-2-11-10(15)6-16-12(17-11)8-5-7(14)3-4-9(8)13/h3-6H,2,15H2,1H3. The molecule has 1 aromatic heterocycles. The zero-order valence-electron chi connectivity index (χ0n) is 9.24. The molecule has 5 heteroatoms. The highest BCUT2D eigenvalue weighted by Crippen LogP contribution is 2.27. The molecule has 1 aromatic carbocycles. The van der Waals surface area contributed by atoms with Crippen LogP contribution in [0.3, 0.4) is 0 Å². The Morgan fingerprint density at radius 2 is 2.18 bits per heavy atom. The molecule has 0 unspecified atom stereocenters. The van der Waals surface area contributed by atoms with Gasteiger partial charge in [0.1, 0.15) is 5.82 Å². The van der Waals surface area contributed by atoms with Gasteiger partial charge in [0.05, 0.1) is 17.6 Å². The Balaban J connectivity index is 2.56. The minimum Gasteiger partial charge on any atom is -0.396 e. The average Bonchev–Trinajstić information content (AvgIpc) is 2.33. The van der Waals surface area contributed by atoms with Crippen LogP contribution in [0, 0.1) is 5.82 Å². The first kappa shape index (κ1) is 12.0. The van der Waals surface area contributed by atoms with Crippen molar-refractivity contribution in [2.45, 2.75) is 13.3 Å². The summed E-state index contributed by atoms with van der Waals surface area (Å²) in [7, 11) is 0. The molecule has 88 valence electrons. The molecule has 0 aliphatic carbocycles. The predicted molar refractivity (Wildman–Crippen MR) is 68.9 cm³/mol. The van der Waals surface area contributed by atoms with Crippen LogP contribution >= 0.6 is 15.9 Å². The number of nitrogens with zero attached hydrogens (tertiary/aromatic N) is 2. The number of hydrogen-bond donors (Lipinski definition) is 1. The SMILES string of the molecule is CCc1nc(-c2cc(F)ccc2Br)ncc1N. The van der Waals surface area contributed by atoms with Gasteiger partial charge in [-0.1, -0.05) is 22.9 Å². The first-order valence-electron chi connectivity index (χ1n) is 5.18. The van der Waals surface area contributed by atoms with Crippen LogP contribution < -0.4 is 5.73 Å². The van der Waals surface area contributed by atoms with Crippen LogP contribution in [-0.2, 0) is 6.42 Å². The Labute approximate surface area is 107 Å². The van der Waals surface area contributed by atoms with Gasteiger partial charge in [0, 0.05) is 10.0 Å². The van der Waals surface area contributed by atoms with Crippen LogP contribution in [-0.4, -0.2) is 9.97 Å². The topological polar surface area (TPSA) is 51.8 Å². The summed E-state index contributed by atoms with van der Waals surface area (Å²) in [5, 5.41) is 0. The molecule has 2 rings (SSSR count). The van der Waals surface area contributed by atoms with Crippen molar-refractivity contribution >= 4 is 21.6 Å². The summed E-state index contributed by atoms with van der Waals surface area (Å²) in [4.78, 5) is 8.46. The third-order valence-electron chi connectivity index (χ3n) is 2.40. The smallest absolute Gasteiger partial charge is 0.160 e. The lowest BCUT2D eigenvalue weighted by Gasteiger charge is -2.06. The number of nitrogen functional groups attached to an aromatic ring is 1. The molecule has 0 saturated carbocycles. The first-order chi connectivity index (χ1) is 8.11. The number of nitrogens with two attached hydrogens (primary N) is 1. The molecule has 0 aliphatic heterocycles. The molecule has 0 aliphatic rings. The van der Waals surface area contributed by atoms with Gasteiger partial charge in [0.15, 0.2) is 5.82 Å². The molecule has 0 atom stereocenters. The largest absolute Gasteiger partial charge is 0.396 e. The molecule has 0 fully saturated rings. The van der Waals surface area contributed by atoms with Crippen molar-refractivity contribution in [2.24, 2.45) is 0 Å². The maximum Gasteiger partial charge on any atom is 0.160 e. The quantitative estimate of drug-likeness (QED) is 0.926. The van der Waals surface area contributed by atoms with Gasteiger partial charge in [-0.2, -0.15) is 0 Å². The molecule has 17 heavy (non-hydrogen) atoms. The van der Waals surface area contributed by atoms with Crippen LogP contribution in [0.1, 0.15) is 12.6 Å². The monoisotopic (exact) mass is 295 g/mol. The fourth-order valence-electron chi connectivity index (χ4n) is 1.51. The lowest BCUT2D eigenvalue weighted by molar-refractivity contribution is 0.628. The fourth-order valence-corrected chi connectivity index (χ4v) is 1.93. The van der Waals surface area contributed by atoms with E-state index in [2.05, 4.69) is 25.9 Å². The molecule has 1 heterocycles. The molecule has 0 bridgehead atoms. The molecule has 2 aromatic rings. The van der Waals surface area contributed by atoms with Crippen LogP contribution in [0.25, 0.3) is 11.4 Å². The molecule has 0 radical (unpaired) electrons. The van der Waals surface area contributed by atoms with E-state index in [0.717, 1.165) is 10.2 Å². The Morgan fingerprint density at radius 1 is 1.41 bits per heavy atom. The predicted octanol–water partition coefficient (Wildman–Crippen LogP) is 3.19. The summed E-state index contributed by atoms with van der Waals surface area (Å²) in [6.45, 7) is 1.96. The molecule has 0 saturated heterocycles. The van der Waals surface area contributed by atoms with Gasteiger partial charge in [-0.15, -0.1) is 0 Å². The molecule has 0 amide bonds. The van der Waals surface area contributed by atoms with Gasteiger partial charge in [-0.3, -0.25) is 0 Å². The maximum absolute atomic E-state index is 13.2. The minimum atomic E-state index is -0.318. The highest BCUT2D eigenvalue weighted by atomic mass is 79.9. The number of rotatable bonds is 2. The van der Waals surface area contributed by atoms with Crippen molar-refractivity contribution in [1.82, 2.24) is 9.97 Å². The summed E-state index contributed by atoms with van der Waals surface area (Å²) in [6.07, 6.45) is 2.27. The highest BCUT2D eigenvalue weighted by Gasteiger charge is 2.09. The zero-order valence-corrected chi connectivity index (χ0v) is 10.8. The Morgan fingerprint density at radius 3 is 2.88 bits per heavy atom. The number of halogens is 2. The lowest BCUT2D eigenvalue weighted by Crippen LogP contribution is -2.01. The lowest BCUT2D eigenvalue weighted by atomic mass is 10.2. The Bertz CT molecular complexity index is 557. The minimum absolute atomic E-state index is 0.318. The number of aryl methyl sites for hydroxylation is 1. The van der Waals surface area contributed by atoms with E-state index < -0.39 is 0 Å². The molecule has 2 N–H and O–H groups in total. The third kappa shape index (κ3) is 2.44. The third-order valence-corrected chi connectivity index (χ3v) is 3.10. The van der Waals surface area contributed by atoms with E-state index >= 15 is 0 Å². The summed E-state index contributed by atoms with van der Waals surface area (Å²) in [5.41, 5.74) is 7.69. The van der Waals surface area contributed by atoms with Gasteiger partial charge in [0.2, 0.25) is 0 Å². The van der Waals surface area contributed by atoms with E-state index in [1.165, 1.54) is 12.1 Å². The highest BCUT2D eigenvalue weighted by molar-refractivity contribution is 9.10. The fraction of sp³-hybridized carbons (Fsp3) is 0.167. The van der Waals surface area contributed by atoms with E-state index in [1.54, 1.807) is 12.3 Å². The Hall–Kier alpha value is -1.49. The van der Waals surface area contributed by atoms with Crippen LogP contribution in [0.5, 0.6) is 0 Å². The summed E-state index contributed by atoms with van der Waals surface area (Å²) in [6, 6.07) is 4.41. The second-order valence-corrected chi connectivity index (χ2v) is 4.43. The van der Waals surface area contributed by atoms with Crippen molar-refractivity contribution in [3.05, 3.63) is 40.4 Å². The summed E-state index contributed by atoms with van der Waals surface area (Å²) < 4.78 is 13.9. The van der Waals surface area contributed by atoms with Crippen LogP contribution in [0.4, 0.5) is 10.1 Å². The van der Waals surface area contributed by atoms with Crippen LogP contribution in [0.2, 0.25) is 0 Å². The van der Waals surface area contributed by atoms with E-state index in [-0.39, 0.29) is 5.82 Å². The van der Waals surface area contributed by atoms with Crippen molar-refractivity contribution in [3.63, 3.8) is 0 Å². The van der Waals surface area contributed by atoms with Gasteiger partial charge >= 0.3 is 0 Å². The van der Waals surface area contributed by atoms with Crippen molar-refractivity contribution < 1.29 is 4.39 Å². The van der Waals surface area contributed by atoms with E-state index in [4.69, 9.17) is 5.73 Å². The first-order valence-corrected chi connectivity index (χ1v) is 5.98. The normalized spacial score (nSPS) is 10.5. The molecule has 3 nitrogen and oxygen atoms in total.